The Balaban J connectivity index is 4.62. The minimum absolute atomic E-state index is 0.0659. The maximum absolute atomic E-state index is 12.6. The Labute approximate surface area is 358 Å². The molecule has 0 radical (unpaired) electrons. The van der Waals surface area contributed by atoms with Crippen molar-refractivity contribution in [3.63, 3.8) is 0 Å². The lowest BCUT2D eigenvalue weighted by molar-refractivity contribution is -0.870. The minimum atomic E-state index is -4.67. The summed E-state index contributed by atoms with van der Waals surface area (Å²) < 4.78 is 33.7. The standard InChI is InChI=1S/C48H78NO9P/c1-6-8-10-11-12-13-14-15-16-17-18-19-22-25-28-31-35-39-47(51)55-43-46(44-57-59(53,54)56-42-41-49(3,4)5)58-48(52)40-36-32-29-26-23-20-21-24-27-30-34-38-45(50)37-33-9-7-2/h12-13,15-16,18-21,25-30,34,38,46H,6-11,14,17,22-24,31-33,35-37,39-44H2,1-5H3/b13-12-,16-15-,19-18-,21-20-,28-25-,29-26-,30-27-,38-34+/t46-/m1/s1. The Morgan fingerprint density at radius 2 is 1.07 bits per heavy atom. The van der Waals surface area contributed by atoms with Crippen LogP contribution in [0.5, 0.6) is 0 Å². The van der Waals surface area contributed by atoms with Crippen molar-refractivity contribution in [3.8, 4) is 0 Å². The van der Waals surface area contributed by atoms with E-state index in [-0.39, 0.29) is 31.8 Å². The number of phosphoric ester groups is 1. The number of hydrogen-bond donors (Lipinski definition) is 0. The molecule has 1 unspecified atom stereocenters. The number of likely N-dealkylation sites (N-methyl/N-ethyl adjacent to an activating group) is 1. The predicted octanol–water partition coefficient (Wildman–Crippen LogP) is 11.1. The molecule has 0 saturated carbocycles. The molecule has 0 aliphatic carbocycles. The van der Waals surface area contributed by atoms with E-state index in [9.17, 15) is 23.8 Å². The zero-order chi connectivity index (χ0) is 43.7. The normalized spacial score (nSPS) is 14.4. The molecule has 59 heavy (non-hydrogen) atoms. The molecule has 0 aromatic rings. The monoisotopic (exact) mass is 844 g/mol. The van der Waals surface area contributed by atoms with Gasteiger partial charge in [0, 0.05) is 19.3 Å². The lowest BCUT2D eigenvalue weighted by Crippen LogP contribution is -2.37. The minimum Gasteiger partial charge on any atom is -0.756 e. The molecule has 10 nitrogen and oxygen atoms in total. The van der Waals surface area contributed by atoms with E-state index in [1.165, 1.54) is 19.3 Å². The first-order valence-corrected chi connectivity index (χ1v) is 23.4. The molecule has 2 atom stereocenters. The first-order chi connectivity index (χ1) is 28.4. The topological polar surface area (TPSA) is 128 Å². The first-order valence-electron chi connectivity index (χ1n) is 21.9. The summed E-state index contributed by atoms with van der Waals surface area (Å²) in [6.07, 6.45) is 47.2. The third kappa shape index (κ3) is 42.5. The van der Waals surface area contributed by atoms with Crippen LogP contribution in [0.15, 0.2) is 97.2 Å². The summed E-state index contributed by atoms with van der Waals surface area (Å²) in [5, 5.41) is 0. The van der Waals surface area contributed by atoms with Crippen LogP contribution in [0, 0.1) is 0 Å². The van der Waals surface area contributed by atoms with E-state index in [0.29, 0.717) is 43.1 Å². The third-order valence-corrected chi connectivity index (χ3v) is 9.52. The Bertz CT molecular complexity index is 1380. The van der Waals surface area contributed by atoms with Crippen LogP contribution in [-0.4, -0.2) is 75.8 Å². The number of esters is 2. The summed E-state index contributed by atoms with van der Waals surface area (Å²) in [7, 11) is 1.05. The van der Waals surface area contributed by atoms with Crippen LogP contribution in [0.4, 0.5) is 0 Å². The van der Waals surface area contributed by atoms with Crippen molar-refractivity contribution in [2.75, 3.05) is 47.5 Å². The van der Waals surface area contributed by atoms with Crippen molar-refractivity contribution in [1.82, 2.24) is 0 Å². The summed E-state index contributed by atoms with van der Waals surface area (Å²) in [6.45, 7) is 3.85. The summed E-state index contributed by atoms with van der Waals surface area (Å²) in [4.78, 5) is 49.2. The number of quaternary nitrogens is 1. The van der Waals surface area contributed by atoms with Gasteiger partial charge in [-0.05, 0) is 83.1 Å². The van der Waals surface area contributed by atoms with E-state index in [0.717, 1.165) is 57.8 Å². The Morgan fingerprint density at radius 1 is 0.576 bits per heavy atom. The highest BCUT2D eigenvalue weighted by molar-refractivity contribution is 7.45. The van der Waals surface area contributed by atoms with Gasteiger partial charge >= 0.3 is 11.9 Å². The number of carbonyl (C=O) groups is 3. The third-order valence-electron chi connectivity index (χ3n) is 8.55. The number of rotatable bonds is 38. The van der Waals surface area contributed by atoms with Crippen molar-refractivity contribution in [3.05, 3.63) is 97.2 Å². The highest BCUT2D eigenvalue weighted by Crippen LogP contribution is 2.38. The van der Waals surface area contributed by atoms with E-state index in [4.69, 9.17) is 18.5 Å². The molecular weight excluding hydrogens is 765 g/mol. The van der Waals surface area contributed by atoms with Crippen LogP contribution in [-0.2, 0) is 37.5 Å². The Hall–Kier alpha value is -3.40. The first kappa shape index (κ1) is 55.6. The summed E-state index contributed by atoms with van der Waals surface area (Å²) in [5.41, 5.74) is 0. The van der Waals surface area contributed by atoms with Crippen LogP contribution < -0.4 is 4.89 Å². The zero-order valence-electron chi connectivity index (χ0n) is 37.1. The number of allylic oxidation sites excluding steroid dienone is 16. The second-order valence-corrected chi connectivity index (χ2v) is 16.8. The SMILES string of the molecule is CCCCC/C=C\C/C=C\C/C=C\C/C=C\CCCC(=O)OC[C@H](COP(=O)([O-])OCC[N+](C)(C)C)OC(=O)CCC/C=C\C/C=C\C/C=C\C=C\C(=O)CCCCC. The van der Waals surface area contributed by atoms with E-state index in [1.54, 1.807) is 12.2 Å². The molecule has 0 aromatic heterocycles. The van der Waals surface area contributed by atoms with Gasteiger partial charge in [0.05, 0.1) is 27.7 Å². The molecule has 0 spiro atoms. The molecule has 0 heterocycles. The van der Waals surface area contributed by atoms with Gasteiger partial charge in [-0.3, -0.25) is 18.9 Å². The van der Waals surface area contributed by atoms with Gasteiger partial charge in [0.1, 0.15) is 19.8 Å². The molecule has 0 bridgehead atoms. The molecule has 0 aliphatic heterocycles. The molecule has 11 heteroatoms. The predicted molar refractivity (Wildman–Crippen MR) is 240 cm³/mol. The van der Waals surface area contributed by atoms with Crippen LogP contribution >= 0.6 is 7.82 Å². The van der Waals surface area contributed by atoms with E-state index >= 15 is 0 Å². The van der Waals surface area contributed by atoms with E-state index in [2.05, 4.69) is 56.4 Å². The second-order valence-electron chi connectivity index (χ2n) is 15.4. The quantitative estimate of drug-likeness (QED) is 0.0113. The molecule has 0 aromatic carbocycles. The molecule has 0 amide bonds. The van der Waals surface area contributed by atoms with Gasteiger partial charge < -0.3 is 27.9 Å². The highest BCUT2D eigenvalue weighted by Gasteiger charge is 2.21. The fraction of sp³-hybridized carbons (Fsp3) is 0.604. The molecule has 0 saturated heterocycles. The summed E-state index contributed by atoms with van der Waals surface area (Å²) >= 11 is 0. The average molecular weight is 844 g/mol. The van der Waals surface area contributed by atoms with Crippen molar-refractivity contribution in [1.29, 1.82) is 0 Å². The van der Waals surface area contributed by atoms with Crippen LogP contribution in [0.2, 0.25) is 0 Å². The summed E-state index contributed by atoms with van der Waals surface area (Å²) in [6, 6.07) is 0. The van der Waals surface area contributed by atoms with Gasteiger partial charge in [-0.1, -0.05) is 131 Å². The number of nitrogens with zero attached hydrogens (tertiary/aromatic N) is 1. The van der Waals surface area contributed by atoms with E-state index in [1.807, 2.05) is 63.7 Å². The number of hydrogen-bond acceptors (Lipinski definition) is 9. The van der Waals surface area contributed by atoms with Crippen LogP contribution in [0.1, 0.15) is 136 Å². The molecule has 0 fully saturated rings. The maximum atomic E-state index is 12.6. The van der Waals surface area contributed by atoms with Gasteiger partial charge in [0.25, 0.3) is 7.82 Å². The Morgan fingerprint density at radius 3 is 1.61 bits per heavy atom. The van der Waals surface area contributed by atoms with Gasteiger partial charge in [-0.25, -0.2) is 0 Å². The number of ketones is 1. The number of unbranched alkanes of at least 4 members (excludes halogenated alkanes) is 7. The summed E-state index contributed by atoms with van der Waals surface area (Å²) in [5.74, 6) is -0.850. The number of phosphoric acid groups is 1. The van der Waals surface area contributed by atoms with E-state index < -0.39 is 32.5 Å². The molecule has 0 N–H and O–H groups in total. The highest BCUT2D eigenvalue weighted by atomic mass is 31.2. The smallest absolute Gasteiger partial charge is 0.306 e. The maximum Gasteiger partial charge on any atom is 0.306 e. The Kier molecular flexibility index (Phi) is 36.5. The van der Waals surface area contributed by atoms with Gasteiger partial charge in [0.15, 0.2) is 11.9 Å². The fourth-order valence-electron chi connectivity index (χ4n) is 5.06. The van der Waals surface area contributed by atoms with Crippen molar-refractivity contribution >= 4 is 25.5 Å². The molecule has 334 valence electrons. The second kappa shape index (κ2) is 38.8. The van der Waals surface area contributed by atoms with Crippen molar-refractivity contribution in [2.45, 2.75) is 142 Å². The van der Waals surface area contributed by atoms with Gasteiger partial charge in [-0.2, -0.15) is 0 Å². The van der Waals surface area contributed by atoms with Crippen LogP contribution in [0.25, 0.3) is 0 Å². The van der Waals surface area contributed by atoms with Crippen molar-refractivity contribution in [2.24, 2.45) is 0 Å². The van der Waals surface area contributed by atoms with Crippen molar-refractivity contribution < 1.29 is 46.8 Å². The zero-order valence-corrected chi connectivity index (χ0v) is 38.0. The van der Waals surface area contributed by atoms with Gasteiger partial charge in [0.2, 0.25) is 0 Å². The largest absolute Gasteiger partial charge is 0.756 e. The lowest BCUT2D eigenvalue weighted by atomic mass is 10.1. The fourth-order valence-corrected chi connectivity index (χ4v) is 5.79. The average Bonchev–Trinajstić information content (AvgIpc) is 3.18. The molecular formula is C48H78NO9P. The van der Waals surface area contributed by atoms with Gasteiger partial charge in [-0.15, -0.1) is 0 Å². The molecule has 0 aliphatic rings. The number of ether oxygens (including phenoxy) is 2. The number of carbonyl (C=O) groups excluding carboxylic acids is 3. The van der Waals surface area contributed by atoms with Crippen LogP contribution in [0.3, 0.4) is 0 Å². The lowest BCUT2D eigenvalue weighted by Gasteiger charge is -2.28. The molecule has 0 rings (SSSR count).